The van der Waals surface area contributed by atoms with Gasteiger partial charge in [-0.3, -0.25) is 25.2 Å². The predicted molar refractivity (Wildman–Crippen MR) is 92.4 cm³/mol. The lowest BCUT2D eigenvalue weighted by Gasteiger charge is -2.15. The van der Waals surface area contributed by atoms with Gasteiger partial charge in [0, 0.05) is 12.3 Å². The highest BCUT2D eigenvalue weighted by Gasteiger charge is 2.21. The molecule has 1 heterocycles. The Morgan fingerprint density at radius 1 is 0.962 bits per heavy atom. The first-order valence-corrected chi connectivity index (χ1v) is 7.55. The van der Waals surface area contributed by atoms with Crippen molar-refractivity contribution in [1.29, 1.82) is 0 Å². The van der Waals surface area contributed by atoms with Gasteiger partial charge in [0.25, 0.3) is 17.4 Å². The second-order valence-corrected chi connectivity index (χ2v) is 5.05. The van der Waals surface area contributed by atoms with Crippen LogP contribution in [0.2, 0.25) is 0 Å². The van der Waals surface area contributed by atoms with Crippen LogP contribution in [0.15, 0.2) is 41.3 Å². The van der Waals surface area contributed by atoms with E-state index in [0.717, 1.165) is 0 Å². The minimum absolute atomic E-state index is 0.141. The molecule has 9 nitrogen and oxygen atoms in total. The van der Waals surface area contributed by atoms with Crippen molar-refractivity contribution in [3.05, 3.63) is 52.4 Å². The summed E-state index contributed by atoms with van der Waals surface area (Å²) >= 11 is 0. The van der Waals surface area contributed by atoms with Crippen molar-refractivity contribution in [2.75, 3.05) is 21.3 Å². The third-order valence-corrected chi connectivity index (χ3v) is 3.48. The van der Waals surface area contributed by atoms with E-state index < -0.39 is 11.8 Å². The van der Waals surface area contributed by atoms with Crippen LogP contribution >= 0.6 is 0 Å². The van der Waals surface area contributed by atoms with Crippen molar-refractivity contribution in [2.45, 2.75) is 6.54 Å². The van der Waals surface area contributed by atoms with Gasteiger partial charge in [-0.1, -0.05) is 6.07 Å². The maximum absolute atomic E-state index is 12.3. The fourth-order valence-electron chi connectivity index (χ4n) is 2.26. The molecular formula is C17H19N3O6. The largest absolute Gasteiger partial charge is 0.493 e. The fourth-order valence-corrected chi connectivity index (χ4v) is 2.26. The number of benzene rings is 1. The normalized spacial score (nSPS) is 9.96. The molecule has 0 aliphatic rings. The number of pyridine rings is 1. The number of nitrogens with one attached hydrogen (secondary N) is 2. The van der Waals surface area contributed by atoms with Crippen LogP contribution in [-0.4, -0.2) is 37.7 Å². The summed E-state index contributed by atoms with van der Waals surface area (Å²) in [5, 5.41) is 0. The van der Waals surface area contributed by atoms with Gasteiger partial charge in [0.15, 0.2) is 11.5 Å². The summed E-state index contributed by atoms with van der Waals surface area (Å²) in [6.07, 6.45) is 1.47. The second-order valence-electron chi connectivity index (χ2n) is 5.05. The number of nitrogens with zero attached hydrogens (tertiary/aromatic N) is 1. The van der Waals surface area contributed by atoms with Crippen molar-refractivity contribution >= 4 is 11.8 Å². The maximum atomic E-state index is 12.3. The summed E-state index contributed by atoms with van der Waals surface area (Å²) in [5.41, 5.74) is 4.34. The van der Waals surface area contributed by atoms with E-state index in [9.17, 15) is 14.4 Å². The zero-order valence-corrected chi connectivity index (χ0v) is 14.6. The zero-order chi connectivity index (χ0) is 19.1. The van der Waals surface area contributed by atoms with E-state index in [1.807, 2.05) is 0 Å². The van der Waals surface area contributed by atoms with E-state index in [-0.39, 0.29) is 29.2 Å². The van der Waals surface area contributed by atoms with Crippen LogP contribution in [0.5, 0.6) is 17.2 Å². The Hall–Kier alpha value is -3.49. The molecule has 0 saturated heterocycles. The van der Waals surface area contributed by atoms with Gasteiger partial charge >= 0.3 is 0 Å². The first kappa shape index (κ1) is 18.8. The first-order chi connectivity index (χ1) is 12.5. The van der Waals surface area contributed by atoms with Gasteiger partial charge < -0.3 is 18.8 Å². The molecule has 2 N–H and O–H groups in total. The van der Waals surface area contributed by atoms with Gasteiger partial charge in [0.1, 0.15) is 6.54 Å². The van der Waals surface area contributed by atoms with Crippen molar-refractivity contribution < 1.29 is 23.8 Å². The van der Waals surface area contributed by atoms with Crippen LogP contribution in [0.4, 0.5) is 0 Å². The number of methoxy groups -OCH3 is 3. The molecule has 0 aliphatic carbocycles. The molecule has 0 radical (unpaired) electrons. The molecule has 26 heavy (non-hydrogen) atoms. The molecule has 1 aromatic heterocycles. The second kappa shape index (κ2) is 8.56. The molecule has 0 spiro atoms. The maximum Gasteiger partial charge on any atom is 0.273 e. The Balaban J connectivity index is 2.09. The van der Waals surface area contributed by atoms with Crippen LogP contribution in [0.25, 0.3) is 0 Å². The van der Waals surface area contributed by atoms with E-state index in [1.54, 1.807) is 18.2 Å². The minimum atomic E-state index is -0.614. The van der Waals surface area contributed by atoms with Gasteiger partial charge in [0.2, 0.25) is 5.75 Å². The van der Waals surface area contributed by atoms with E-state index in [4.69, 9.17) is 14.2 Å². The van der Waals surface area contributed by atoms with Crippen molar-refractivity contribution in [1.82, 2.24) is 15.4 Å². The number of hydrazine groups is 1. The molecule has 0 fully saturated rings. The van der Waals surface area contributed by atoms with Gasteiger partial charge in [-0.2, -0.15) is 0 Å². The summed E-state index contributed by atoms with van der Waals surface area (Å²) in [7, 11) is 4.26. The number of hydrogen-bond acceptors (Lipinski definition) is 6. The lowest BCUT2D eigenvalue weighted by molar-refractivity contribution is -0.122. The molecule has 9 heteroatoms. The third-order valence-electron chi connectivity index (χ3n) is 3.48. The highest BCUT2D eigenvalue weighted by atomic mass is 16.5. The van der Waals surface area contributed by atoms with E-state index in [2.05, 4.69) is 10.9 Å². The molecule has 0 atom stereocenters. The Morgan fingerprint density at radius 2 is 1.69 bits per heavy atom. The molecule has 0 unspecified atom stereocenters. The molecule has 2 amide bonds. The molecule has 1 aromatic carbocycles. The van der Waals surface area contributed by atoms with E-state index in [1.165, 1.54) is 44.2 Å². The highest BCUT2D eigenvalue weighted by Crippen LogP contribution is 2.39. The van der Waals surface area contributed by atoms with Crippen LogP contribution in [0.3, 0.4) is 0 Å². The van der Waals surface area contributed by atoms with Gasteiger partial charge in [-0.25, -0.2) is 0 Å². The average Bonchev–Trinajstić information content (AvgIpc) is 2.66. The van der Waals surface area contributed by atoms with Crippen LogP contribution in [-0.2, 0) is 11.3 Å². The molecule has 0 saturated carbocycles. The number of amides is 2. The molecule has 0 aliphatic heterocycles. The third kappa shape index (κ3) is 4.12. The molecule has 2 rings (SSSR count). The van der Waals surface area contributed by atoms with Gasteiger partial charge in [-0.15, -0.1) is 0 Å². The summed E-state index contributed by atoms with van der Waals surface area (Å²) < 4.78 is 16.8. The Kier molecular flexibility index (Phi) is 6.20. The van der Waals surface area contributed by atoms with Crippen molar-refractivity contribution in [3.63, 3.8) is 0 Å². The summed E-state index contributed by atoms with van der Waals surface area (Å²) in [6, 6.07) is 7.55. The summed E-state index contributed by atoms with van der Waals surface area (Å²) in [4.78, 5) is 35.8. The molecule has 2 aromatic rings. The van der Waals surface area contributed by atoms with E-state index in [0.29, 0.717) is 5.75 Å². The van der Waals surface area contributed by atoms with E-state index >= 15 is 0 Å². The number of rotatable bonds is 6. The minimum Gasteiger partial charge on any atom is -0.493 e. The van der Waals surface area contributed by atoms with Gasteiger partial charge in [0.05, 0.1) is 26.9 Å². The Labute approximate surface area is 149 Å². The molecule has 138 valence electrons. The predicted octanol–water partition coefficient (Wildman–Crippen LogP) is 0.335. The average molecular weight is 361 g/mol. The van der Waals surface area contributed by atoms with Crippen molar-refractivity contribution in [3.8, 4) is 17.2 Å². The summed E-state index contributed by atoms with van der Waals surface area (Å²) in [6.45, 7) is -0.233. The Morgan fingerprint density at radius 3 is 2.31 bits per heavy atom. The number of carbonyl (C=O) groups is 2. The smallest absolute Gasteiger partial charge is 0.273 e. The lowest BCUT2D eigenvalue weighted by atomic mass is 10.1. The SMILES string of the molecule is COc1ccc(C(=O)NNC(=O)Cn2ccccc2=O)c(OC)c1OC. The molecular weight excluding hydrogens is 342 g/mol. The number of hydrogen-bond donors (Lipinski definition) is 2. The van der Waals surface area contributed by atoms with Crippen LogP contribution < -0.4 is 30.6 Å². The lowest BCUT2D eigenvalue weighted by Crippen LogP contribution is -2.44. The van der Waals surface area contributed by atoms with Crippen LogP contribution in [0, 0.1) is 0 Å². The monoisotopic (exact) mass is 361 g/mol. The van der Waals surface area contributed by atoms with Crippen LogP contribution in [0.1, 0.15) is 10.4 Å². The number of carbonyl (C=O) groups excluding carboxylic acids is 2. The van der Waals surface area contributed by atoms with Crippen molar-refractivity contribution in [2.24, 2.45) is 0 Å². The number of aromatic nitrogens is 1. The Bertz CT molecular complexity index is 862. The van der Waals surface area contributed by atoms with Gasteiger partial charge in [-0.05, 0) is 18.2 Å². The zero-order valence-electron chi connectivity index (χ0n) is 14.6. The number of ether oxygens (including phenoxy) is 3. The first-order valence-electron chi connectivity index (χ1n) is 7.55. The quantitative estimate of drug-likeness (QED) is 0.718. The summed E-state index contributed by atoms with van der Waals surface area (Å²) in [5.74, 6) is -0.362. The molecule has 0 bridgehead atoms. The highest BCUT2D eigenvalue weighted by molar-refractivity contribution is 5.99. The standard InChI is InChI=1S/C17H19N3O6/c1-24-12-8-7-11(15(25-2)16(12)26-3)17(23)19-18-13(21)10-20-9-5-4-6-14(20)22/h4-9H,10H2,1-3H3,(H,18,21)(H,19,23). The topological polar surface area (TPSA) is 108 Å². The fraction of sp³-hybridized carbons (Fsp3) is 0.235.